The molecule has 3 aliphatic heterocycles. The molecule has 0 aliphatic carbocycles. The Bertz CT molecular complexity index is 2650. The van der Waals surface area contributed by atoms with Gasteiger partial charge in [-0.15, -0.1) is 0 Å². The van der Waals surface area contributed by atoms with Gasteiger partial charge in [0.2, 0.25) is 5.91 Å². The van der Waals surface area contributed by atoms with Gasteiger partial charge in [0.25, 0.3) is 5.91 Å². The molecule has 5 aromatic rings. The van der Waals surface area contributed by atoms with E-state index in [0.29, 0.717) is 55.5 Å². The molecule has 8 rings (SSSR count). The smallest absolute Gasteiger partial charge is 0.409 e. The van der Waals surface area contributed by atoms with Crippen molar-refractivity contribution in [1.29, 1.82) is 0 Å². The summed E-state index contributed by atoms with van der Waals surface area (Å²) in [4.78, 5) is 87.0. The van der Waals surface area contributed by atoms with Gasteiger partial charge >= 0.3 is 18.3 Å². The van der Waals surface area contributed by atoms with Crippen molar-refractivity contribution in [3.8, 4) is 34.4 Å². The number of H-pyrrole nitrogens is 2. The van der Waals surface area contributed by atoms with E-state index >= 15 is 0 Å². The lowest BCUT2D eigenvalue weighted by atomic mass is 10.0. The zero-order valence-corrected chi connectivity index (χ0v) is 39.1. The van der Waals surface area contributed by atoms with Gasteiger partial charge in [-0.05, 0) is 59.7 Å². The molecule has 2 aromatic heterocycles. The number of imidazole rings is 2. The Morgan fingerprint density at radius 1 is 0.696 bits per heavy atom. The number of methoxy groups -OCH3 is 2. The third-order valence-electron chi connectivity index (χ3n) is 12.7. The summed E-state index contributed by atoms with van der Waals surface area (Å²) in [6.45, 7) is 5.86. The van der Waals surface area contributed by atoms with E-state index in [1.54, 1.807) is 22.2 Å². The zero-order chi connectivity index (χ0) is 48.4. The quantitative estimate of drug-likeness (QED) is 0.0828. The van der Waals surface area contributed by atoms with Crippen molar-refractivity contribution in [3.05, 3.63) is 120 Å². The largest absolute Gasteiger partial charge is 0.453 e. The molecule has 4 N–H and O–H groups in total. The first-order valence-corrected chi connectivity index (χ1v) is 23.2. The van der Waals surface area contributed by atoms with Crippen molar-refractivity contribution in [2.45, 2.75) is 69.8 Å². The Balaban J connectivity index is 0.911. The number of nitrogens with one attached hydrogen (secondary N) is 4. The van der Waals surface area contributed by atoms with Crippen molar-refractivity contribution in [1.82, 2.24) is 45.3 Å². The lowest BCUT2D eigenvalue weighted by Crippen LogP contribution is -2.58. The van der Waals surface area contributed by atoms with Crippen LogP contribution < -0.4 is 10.6 Å². The number of hydrogen-bond acceptors (Lipinski definition) is 11. The van der Waals surface area contributed by atoms with Crippen molar-refractivity contribution in [2.75, 3.05) is 53.6 Å². The fourth-order valence-corrected chi connectivity index (χ4v) is 8.88. The van der Waals surface area contributed by atoms with Gasteiger partial charge in [-0.2, -0.15) is 0 Å². The maximum atomic E-state index is 14.2. The summed E-state index contributed by atoms with van der Waals surface area (Å²) in [6.07, 6.45) is 4.11. The highest BCUT2D eigenvalue weighted by molar-refractivity contribution is 5.88. The maximum Gasteiger partial charge on any atom is 0.409 e. The molecule has 5 heterocycles. The predicted octanol–water partition coefficient (Wildman–Crippen LogP) is 6.51. The van der Waals surface area contributed by atoms with Crippen molar-refractivity contribution < 1.29 is 42.9 Å². The van der Waals surface area contributed by atoms with E-state index in [9.17, 15) is 24.0 Å². The number of alkyl carbamates (subject to hydrolysis) is 2. The zero-order valence-electron chi connectivity index (χ0n) is 39.1. The Morgan fingerprint density at radius 3 is 1.87 bits per heavy atom. The van der Waals surface area contributed by atoms with E-state index < -0.39 is 36.4 Å². The molecule has 360 valence electrons. The molecular weight excluding hydrogens is 883 g/mol. The number of hydrogen-bond donors (Lipinski definition) is 4. The highest BCUT2D eigenvalue weighted by atomic mass is 16.6. The van der Waals surface area contributed by atoms with Crippen LogP contribution in [0.5, 0.6) is 0 Å². The second-order valence-electron chi connectivity index (χ2n) is 17.5. The minimum atomic E-state index is -0.922. The van der Waals surface area contributed by atoms with Crippen LogP contribution in [0.25, 0.3) is 22.5 Å². The van der Waals surface area contributed by atoms with E-state index in [2.05, 4.69) is 37.4 Å². The highest BCUT2D eigenvalue weighted by Crippen LogP contribution is 2.35. The number of aromatic nitrogens is 4. The van der Waals surface area contributed by atoms with E-state index in [0.717, 1.165) is 40.8 Å². The predicted molar refractivity (Wildman–Crippen MR) is 253 cm³/mol. The van der Waals surface area contributed by atoms with Gasteiger partial charge in [0, 0.05) is 43.6 Å². The molecule has 3 fully saturated rings. The molecule has 0 bridgehead atoms. The van der Waals surface area contributed by atoms with Gasteiger partial charge in [-0.25, -0.2) is 24.4 Å². The van der Waals surface area contributed by atoms with Gasteiger partial charge in [-0.1, -0.05) is 80.3 Å². The minimum absolute atomic E-state index is 0.141. The molecule has 18 nitrogen and oxygen atoms in total. The lowest BCUT2D eigenvalue weighted by molar-refractivity contribution is -0.139. The lowest BCUT2D eigenvalue weighted by Gasteiger charge is -2.41. The fourth-order valence-electron chi connectivity index (χ4n) is 8.88. The number of likely N-dealkylation sites (tertiary alicyclic amines) is 1. The fraction of sp³-hybridized carbons (Fsp3) is 0.392. The third kappa shape index (κ3) is 11.4. The topological polar surface area (TPSA) is 213 Å². The van der Waals surface area contributed by atoms with Gasteiger partial charge in [0.1, 0.15) is 35.9 Å². The number of rotatable bonds is 11. The van der Waals surface area contributed by atoms with Crippen LogP contribution in [0.1, 0.15) is 86.0 Å². The van der Waals surface area contributed by atoms with Crippen LogP contribution in [0.4, 0.5) is 14.4 Å². The van der Waals surface area contributed by atoms with Crippen LogP contribution >= 0.6 is 0 Å². The molecule has 0 unspecified atom stereocenters. The number of nitrogens with zero attached hydrogens (tertiary/aromatic N) is 5. The number of ether oxygens (including phenoxy) is 4. The molecule has 3 aliphatic rings. The Morgan fingerprint density at radius 2 is 1.29 bits per heavy atom. The summed E-state index contributed by atoms with van der Waals surface area (Å²) in [5.74, 6) is 6.86. The average molecular weight is 940 g/mol. The van der Waals surface area contributed by atoms with Crippen LogP contribution in [-0.4, -0.2) is 130 Å². The monoisotopic (exact) mass is 939 g/mol. The first kappa shape index (κ1) is 47.8. The van der Waals surface area contributed by atoms with Crippen LogP contribution in [0, 0.1) is 17.8 Å². The normalized spacial score (nSPS) is 18.1. The number of aromatic amines is 2. The summed E-state index contributed by atoms with van der Waals surface area (Å²) in [7, 11) is 2.56. The second-order valence-corrected chi connectivity index (χ2v) is 17.5. The van der Waals surface area contributed by atoms with Gasteiger partial charge in [0.05, 0.1) is 63.8 Å². The molecule has 3 saturated heterocycles. The highest BCUT2D eigenvalue weighted by Gasteiger charge is 2.40. The van der Waals surface area contributed by atoms with E-state index in [1.807, 2.05) is 92.7 Å². The molecule has 5 amide bonds. The van der Waals surface area contributed by atoms with Crippen molar-refractivity contribution in [2.24, 2.45) is 5.92 Å². The first-order valence-electron chi connectivity index (χ1n) is 23.2. The minimum Gasteiger partial charge on any atom is -0.453 e. The van der Waals surface area contributed by atoms with Crippen molar-refractivity contribution in [3.63, 3.8) is 0 Å². The molecule has 0 radical (unpaired) electrons. The average Bonchev–Trinajstić information content (AvgIpc) is 4.19. The summed E-state index contributed by atoms with van der Waals surface area (Å²) in [5.41, 5.74) is 5.56. The Kier molecular flexibility index (Phi) is 15.2. The summed E-state index contributed by atoms with van der Waals surface area (Å²) >= 11 is 0. The second kappa shape index (κ2) is 22.0. The van der Waals surface area contributed by atoms with Crippen LogP contribution in [-0.2, 0) is 28.5 Å². The number of carbonyl (C=O) groups excluding carboxylic acids is 5. The third-order valence-corrected chi connectivity index (χ3v) is 12.7. The van der Waals surface area contributed by atoms with Gasteiger partial charge in [0.15, 0.2) is 0 Å². The van der Waals surface area contributed by atoms with Crippen LogP contribution in [0.3, 0.4) is 0 Å². The maximum absolute atomic E-state index is 14.2. The standard InChI is InChI=1S/C51H57N9O9/c1-32(2)43(56-49(63)66-3)47(61)60-26-25-58(51(65)67-4)31-42(60)46-53-30-40(55-46)36-20-16-34(17-21-36)13-12-33-14-18-35(19-15-33)39-29-52-45(54-39)41-11-8-24-59(41)48(62)44(37-9-6-5-7-10-37)57-50(64)69-38-22-27-68-28-23-38/h5-7,9-10,14-21,29-30,32,38,41-44H,8,11,22-28,31H2,1-4H3,(H,52,54)(H,53,55)(H,56,63)(H,57,64)/t41-,42-,43-,44+/m0/s1. The van der Waals surface area contributed by atoms with E-state index in [-0.39, 0.29) is 49.5 Å². The van der Waals surface area contributed by atoms with Crippen LogP contribution in [0.2, 0.25) is 0 Å². The molecule has 69 heavy (non-hydrogen) atoms. The van der Waals surface area contributed by atoms with E-state index in [1.165, 1.54) is 19.1 Å². The number of carbonyl (C=O) groups is 5. The van der Waals surface area contributed by atoms with E-state index in [4.69, 9.17) is 23.9 Å². The SMILES string of the molecule is COC(=O)N[C@H](C(=O)N1CCN(C(=O)OC)C[C@H]1c1ncc(-c2ccc(C#Cc3ccc(-c4cnc([C@@H]5CCCN5C(=O)[C@H](NC(=O)OC5CCOCC5)c5ccccc5)[nH]4)cc3)cc2)[nH]1)C(C)C. The summed E-state index contributed by atoms with van der Waals surface area (Å²) in [6, 6.07) is 22.0. The number of benzene rings is 3. The number of amides is 5. The summed E-state index contributed by atoms with van der Waals surface area (Å²) < 4.78 is 20.8. The first-order chi connectivity index (χ1) is 33.5. The molecule has 4 atom stereocenters. The molecular formula is C51H57N9O9. The summed E-state index contributed by atoms with van der Waals surface area (Å²) in [5, 5.41) is 5.51. The molecule has 18 heteroatoms. The molecule has 0 spiro atoms. The van der Waals surface area contributed by atoms with Gasteiger partial charge in [-0.3, -0.25) is 9.59 Å². The van der Waals surface area contributed by atoms with Gasteiger partial charge < -0.3 is 54.2 Å². The Hall–Kier alpha value is -7.65. The molecule has 0 saturated carbocycles. The van der Waals surface area contributed by atoms with Crippen molar-refractivity contribution >= 4 is 30.1 Å². The van der Waals surface area contributed by atoms with Crippen LogP contribution in [0.15, 0.2) is 91.3 Å². The molecule has 3 aromatic carbocycles. The Labute approximate surface area is 400 Å². The number of piperazine rings is 1.